The van der Waals surface area contributed by atoms with Crippen molar-refractivity contribution in [2.75, 3.05) is 0 Å². The second-order valence-electron chi connectivity index (χ2n) is 5.93. The van der Waals surface area contributed by atoms with Crippen molar-refractivity contribution in [3.8, 4) is 5.75 Å². The molecule has 19 heavy (non-hydrogen) atoms. The molecule has 0 aliphatic carbocycles. The molecule has 1 radical (unpaired) electrons. The molecular formula is C13H17F4OSi. The number of hydrogen-bond acceptors (Lipinski definition) is 1. The third-order valence-electron chi connectivity index (χ3n) is 3.48. The maximum atomic E-state index is 13.7. The Bertz CT molecular complexity index is 477. The van der Waals surface area contributed by atoms with Gasteiger partial charge >= 0.3 is 0 Å². The lowest BCUT2D eigenvalue weighted by Gasteiger charge is -2.36. The third kappa shape index (κ3) is 2.78. The van der Waals surface area contributed by atoms with Crippen molar-refractivity contribution in [3.63, 3.8) is 0 Å². The van der Waals surface area contributed by atoms with Crippen LogP contribution in [-0.2, 0) is 0 Å². The molecule has 1 aromatic rings. The summed E-state index contributed by atoms with van der Waals surface area (Å²) < 4.78 is 59.5. The predicted octanol–water partition coefficient (Wildman–Crippen LogP) is 4.81. The van der Waals surface area contributed by atoms with E-state index in [-0.39, 0.29) is 5.04 Å². The summed E-state index contributed by atoms with van der Waals surface area (Å²) in [6.45, 7) is 11.9. The van der Waals surface area contributed by atoms with Crippen LogP contribution in [0.15, 0.2) is 0 Å². The van der Waals surface area contributed by atoms with E-state index in [0.717, 1.165) is 0 Å². The second kappa shape index (κ2) is 4.81. The molecule has 0 fully saturated rings. The Morgan fingerprint density at radius 1 is 0.895 bits per heavy atom. The Kier molecular flexibility index (Phi) is 4.05. The van der Waals surface area contributed by atoms with E-state index in [4.69, 9.17) is 4.43 Å². The van der Waals surface area contributed by atoms with Gasteiger partial charge in [-0.15, -0.1) is 0 Å². The molecule has 0 atom stereocenters. The molecule has 1 nitrogen and oxygen atoms in total. The third-order valence-corrected chi connectivity index (χ3v) is 7.80. The van der Waals surface area contributed by atoms with Gasteiger partial charge in [0.1, 0.15) is 0 Å². The van der Waals surface area contributed by atoms with Crippen molar-refractivity contribution in [1.29, 1.82) is 0 Å². The molecule has 0 spiro atoms. The highest BCUT2D eigenvalue weighted by Gasteiger charge is 2.41. The number of hydrogen-bond donors (Lipinski definition) is 0. The van der Waals surface area contributed by atoms with Crippen LogP contribution in [0.4, 0.5) is 17.6 Å². The summed E-state index contributed by atoms with van der Waals surface area (Å²) in [5.41, 5.74) is -0.933. The molecule has 0 saturated heterocycles. The van der Waals surface area contributed by atoms with Gasteiger partial charge < -0.3 is 4.43 Å². The minimum absolute atomic E-state index is 0.359. The standard InChI is InChI=1S/C13H17F4OSi/c1-7-8(14)10(16)12(11(17)9(7)15)18-19(5,6)13(2,3)4/h1H2,2-6H3. The van der Waals surface area contributed by atoms with Crippen molar-refractivity contribution in [2.45, 2.75) is 38.9 Å². The summed E-state index contributed by atoms with van der Waals surface area (Å²) in [5, 5.41) is -0.359. The minimum Gasteiger partial charge on any atom is -0.539 e. The Hall–Kier alpha value is -1.04. The van der Waals surface area contributed by atoms with Gasteiger partial charge in [-0.1, -0.05) is 20.8 Å². The fourth-order valence-electron chi connectivity index (χ4n) is 1.15. The van der Waals surface area contributed by atoms with Crippen LogP contribution in [0.25, 0.3) is 0 Å². The van der Waals surface area contributed by atoms with Gasteiger partial charge in [-0.25, -0.2) is 8.78 Å². The molecule has 0 aromatic heterocycles. The molecule has 0 heterocycles. The van der Waals surface area contributed by atoms with Gasteiger partial charge in [0.25, 0.3) is 8.32 Å². The monoisotopic (exact) mass is 293 g/mol. The summed E-state index contributed by atoms with van der Waals surface area (Å²) in [6.07, 6.45) is 0. The second-order valence-corrected chi connectivity index (χ2v) is 10.7. The van der Waals surface area contributed by atoms with E-state index < -0.39 is 42.9 Å². The van der Waals surface area contributed by atoms with Crippen LogP contribution in [-0.4, -0.2) is 8.32 Å². The lowest BCUT2D eigenvalue weighted by Crippen LogP contribution is -2.44. The average Bonchev–Trinajstić information content (AvgIpc) is 2.28. The molecule has 1 aromatic carbocycles. The fourth-order valence-corrected chi connectivity index (χ4v) is 2.15. The van der Waals surface area contributed by atoms with E-state index in [9.17, 15) is 17.6 Å². The summed E-state index contributed by atoms with van der Waals surface area (Å²) >= 11 is 0. The van der Waals surface area contributed by atoms with Crippen LogP contribution in [0.1, 0.15) is 26.3 Å². The Morgan fingerprint density at radius 3 is 1.58 bits per heavy atom. The first-order valence-corrected chi connectivity index (χ1v) is 8.68. The van der Waals surface area contributed by atoms with Crippen LogP contribution in [0.2, 0.25) is 18.1 Å². The van der Waals surface area contributed by atoms with Gasteiger partial charge in [-0.2, -0.15) is 8.78 Å². The smallest absolute Gasteiger partial charge is 0.250 e. The maximum Gasteiger partial charge on any atom is 0.250 e. The fraction of sp³-hybridized carbons (Fsp3) is 0.462. The Balaban J connectivity index is 3.39. The van der Waals surface area contributed by atoms with E-state index in [0.29, 0.717) is 0 Å². The van der Waals surface area contributed by atoms with Crippen LogP contribution in [0, 0.1) is 30.2 Å². The first-order valence-electron chi connectivity index (χ1n) is 5.77. The van der Waals surface area contributed by atoms with Gasteiger partial charge in [-0.05, 0) is 25.1 Å². The highest BCUT2D eigenvalue weighted by Crippen LogP contribution is 2.40. The van der Waals surface area contributed by atoms with Crippen molar-refractivity contribution in [1.82, 2.24) is 0 Å². The van der Waals surface area contributed by atoms with Gasteiger partial charge in [-0.3, -0.25) is 0 Å². The predicted molar refractivity (Wildman–Crippen MR) is 68.6 cm³/mol. The van der Waals surface area contributed by atoms with E-state index in [2.05, 4.69) is 6.92 Å². The molecule has 0 bridgehead atoms. The molecule has 0 amide bonds. The van der Waals surface area contributed by atoms with Gasteiger partial charge in [0, 0.05) is 5.56 Å². The average molecular weight is 293 g/mol. The van der Waals surface area contributed by atoms with Crippen LogP contribution >= 0.6 is 0 Å². The molecule has 0 unspecified atom stereocenters. The summed E-state index contributed by atoms with van der Waals surface area (Å²) in [7, 11) is -2.61. The lowest BCUT2D eigenvalue weighted by atomic mass is 10.2. The van der Waals surface area contributed by atoms with Crippen LogP contribution in [0.3, 0.4) is 0 Å². The number of benzene rings is 1. The SMILES string of the molecule is [CH2]c1c(F)c(F)c(O[Si](C)(C)C(C)(C)C)c(F)c1F. The summed E-state index contributed by atoms with van der Waals surface area (Å²) in [5.74, 6) is -7.10. The largest absolute Gasteiger partial charge is 0.539 e. The van der Waals surface area contributed by atoms with Gasteiger partial charge in [0.2, 0.25) is 11.6 Å². The van der Waals surface area contributed by atoms with Crippen molar-refractivity contribution >= 4 is 8.32 Å². The van der Waals surface area contributed by atoms with Crippen LogP contribution < -0.4 is 4.43 Å². The highest BCUT2D eigenvalue weighted by molar-refractivity contribution is 6.74. The van der Waals surface area contributed by atoms with E-state index in [1.807, 2.05) is 20.8 Å². The van der Waals surface area contributed by atoms with E-state index >= 15 is 0 Å². The maximum absolute atomic E-state index is 13.7. The molecule has 0 saturated carbocycles. The van der Waals surface area contributed by atoms with Crippen LogP contribution in [0.5, 0.6) is 5.75 Å². The van der Waals surface area contributed by atoms with E-state index in [1.165, 1.54) is 0 Å². The zero-order chi connectivity index (χ0) is 15.2. The first kappa shape index (κ1) is 16.0. The lowest BCUT2D eigenvalue weighted by molar-refractivity contribution is 0.377. The summed E-state index contributed by atoms with van der Waals surface area (Å²) in [6, 6.07) is 0. The zero-order valence-corrected chi connectivity index (χ0v) is 12.6. The quantitative estimate of drug-likeness (QED) is 0.432. The molecule has 1 rings (SSSR count). The Labute approximate surface area is 111 Å². The zero-order valence-electron chi connectivity index (χ0n) is 11.6. The highest BCUT2D eigenvalue weighted by atomic mass is 28.4. The minimum atomic E-state index is -2.61. The van der Waals surface area contributed by atoms with Crippen molar-refractivity contribution in [3.05, 3.63) is 35.8 Å². The molecule has 0 aliphatic rings. The molecule has 0 N–H and O–H groups in total. The molecule has 6 heteroatoms. The molecular weight excluding hydrogens is 276 g/mol. The molecule has 0 aliphatic heterocycles. The normalized spacial score (nSPS) is 12.7. The topological polar surface area (TPSA) is 9.23 Å². The van der Waals surface area contributed by atoms with E-state index in [1.54, 1.807) is 13.1 Å². The van der Waals surface area contributed by atoms with Gasteiger partial charge in [0.05, 0.1) is 0 Å². The van der Waals surface area contributed by atoms with Crippen molar-refractivity contribution in [2.24, 2.45) is 0 Å². The summed E-state index contributed by atoms with van der Waals surface area (Å²) in [4.78, 5) is 0. The number of halogens is 4. The number of rotatable bonds is 2. The van der Waals surface area contributed by atoms with Gasteiger partial charge in [0.15, 0.2) is 17.4 Å². The van der Waals surface area contributed by atoms with Crippen molar-refractivity contribution < 1.29 is 22.0 Å². The Morgan fingerprint density at radius 2 is 1.26 bits per heavy atom. The first-order chi connectivity index (χ1) is 8.40. The molecule has 107 valence electrons.